The zero-order valence-electron chi connectivity index (χ0n) is 11.6. The summed E-state index contributed by atoms with van der Waals surface area (Å²) < 4.78 is 156. The van der Waals surface area contributed by atoms with E-state index < -0.39 is 45.5 Å². The first-order chi connectivity index (χ1) is 10.8. The maximum atomic E-state index is 12.4. The zero-order valence-corrected chi connectivity index (χ0v) is 12.6. The number of hydrogen-bond donors (Lipinski definition) is 0. The average molecular weight is 416 g/mol. The van der Waals surface area contributed by atoms with Gasteiger partial charge >= 0.3 is 33.3 Å². The fourth-order valence-electron chi connectivity index (χ4n) is 1.31. The Morgan fingerprint density at radius 1 is 0.560 bits per heavy atom. The van der Waals surface area contributed by atoms with Crippen LogP contribution < -0.4 is 0 Å². The van der Waals surface area contributed by atoms with Gasteiger partial charge in [-0.3, -0.25) is 0 Å². The summed E-state index contributed by atoms with van der Waals surface area (Å²) in [5.41, 5.74) is -0.232. The Balaban J connectivity index is 5.99. The van der Waals surface area contributed by atoms with Crippen molar-refractivity contribution in [2.45, 2.75) is 36.9 Å². The summed E-state index contributed by atoms with van der Waals surface area (Å²) in [7, 11) is -5.66. The van der Waals surface area contributed by atoms with Gasteiger partial charge in [-0.05, 0) is 11.4 Å². The molecule has 0 unspecified atom stereocenters. The Kier molecular flexibility index (Phi) is 6.83. The van der Waals surface area contributed by atoms with Crippen molar-refractivity contribution in [1.29, 1.82) is 0 Å². The van der Waals surface area contributed by atoms with Crippen LogP contribution in [0.25, 0.3) is 0 Å². The molecule has 0 aromatic carbocycles. The summed E-state index contributed by atoms with van der Waals surface area (Å²) in [5.74, 6) is 0. The van der Waals surface area contributed by atoms with Gasteiger partial charge < -0.3 is 8.85 Å². The molecule has 0 saturated carbocycles. The lowest BCUT2D eigenvalue weighted by molar-refractivity contribution is -0.319. The minimum absolute atomic E-state index is 0.116. The second-order valence-corrected chi connectivity index (χ2v) is 7.02. The maximum absolute atomic E-state index is 12.4. The van der Waals surface area contributed by atoms with Crippen LogP contribution >= 0.6 is 0 Å². The monoisotopic (exact) mass is 416 g/mol. The van der Waals surface area contributed by atoms with Crippen LogP contribution in [0, 0.1) is 0 Å². The lowest BCUT2D eigenvalue weighted by Crippen LogP contribution is -2.58. The van der Waals surface area contributed by atoms with Gasteiger partial charge in [0.15, 0.2) is 0 Å². The highest BCUT2D eigenvalue weighted by Gasteiger charge is 2.64. The van der Waals surface area contributed by atoms with E-state index in [1.165, 1.54) is 0 Å². The summed E-state index contributed by atoms with van der Waals surface area (Å²) in [6, 6.07) is 0. The van der Waals surface area contributed by atoms with Crippen LogP contribution in [0.15, 0.2) is 24.6 Å². The first kappa shape index (κ1) is 23.8. The Morgan fingerprint density at radius 3 is 0.880 bits per heavy atom. The predicted octanol–water partition coefficient (Wildman–Crippen LogP) is 4.90. The standard InChI is InChI=1S/C10H8F12O2Si/c1-3-25(4-2,23-5(7(11,12)13)8(14,15)16)24-6(9(17,18)19)10(20,21)22/h3-6H,1-2H2. The van der Waals surface area contributed by atoms with Crippen molar-refractivity contribution in [2.75, 3.05) is 0 Å². The molecule has 0 heterocycles. The van der Waals surface area contributed by atoms with E-state index in [2.05, 4.69) is 22.0 Å². The fourth-order valence-corrected chi connectivity index (χ4v) is 3.19. The van der Waals surface area contributed by atoms with Gasteiger partial charge in [0.1, 0.15) is 0 Å². The van der Waals surface area contributed by atoms with Gasteiger partial charge in [-0.25, -0.2) is 0 Å². The summed E-state index contributed by atoms with van der Waals surface area (Å²) in [5, 5.41) is 0. The van der Waals surface area contributed by atoms with Crippen LogP contribution in [0.1, 0.15) is 0 Å². The smallest absolute Gasteiger partial charge is 0.368 e. The van der Waals surface area contributed by atoms with E-state index >= 15 is 0 Å². The third kappa shape index (κ3) is 6.54. The molecule has 0 atom stereocenters. The van der Waals surface area contributed by atoms with Gasteiger partial charge in [-0.1, -0.05) is 0 Å². The summed E-state index contributed by atoms with van der Waals surface area (Å²) in [6.07, 6.45) is -34.2. The first-order valence-corrected chi connectivity index (χ1v) is 7.67. The van der Waals surface area contributed by atoms with Gasteiger partial charge in [0.05, 0.1) is 0 Å². The molecule has 0 rings (SSSR count). The molecule has 0 bridgehead atoms. The Labute approximate surface area is 132 Å². The lowest BCUT2D eigenvalue weighted by atomic mass is 10.3. The maximum Gasteiger partial charge on any atom is 0.422 e. The van der Waals surface area contributed by atoms with E-state index in [0.717, 1.165) is 0 Å². The van der Waals surface area contributed by atoms with Crippen LogP contribution in [-0.4, -0.2) is 45.5 Å². The normalized spacial score (nSPS) is 15.0. The highest BCUT2D eigenvalue weighted by Crippen LogP contribution is 2.41. The van der Waals surface area contributed by atoms with Crippen molar-refractivity contribution >= 4 is 8.56 Å². The van der Waals surface area contributed by atoms with Crippen LogP contribution in [0.2, 0.25) is 0 Å². The van der Waals surface area contributed by atoms with Crippen molar-refractivity contribution in [3.8, 4) is 0 Å². The molecular formula is C10H8F12O2Si. The van der Waals surface area contributed by atoms with Crippen molar-refractivity contribution < 1.29 is 61.5 Å². The molecule has 0 aliphatic heterocycles. The lowest BCUT2D eigenvalue weighted by Gasteiger charge is -2.35. The molecule has 15 heteroatoms. The molecule has 2 nitrogen and oxygen atoms in total. The summed E-state index contributed by atoms with van der Waals surface area (Å²) in [6.45, 7) is 5.22. The van der Waals surface area contributed by atoms with Gasteiger partial charge in [0, 0.05) is 0 Å². The molecule has 0 aliphatic carbocycles. The van der Waals surface area contributed by atoms with E-state index in [9.17, 15) is 52.7 Å². The van der Waals surface area contributed by atoms with Crippen molar-refractivity contribution in [2.24, 2.45) is 0 Å². The van der Waals surface area contributed by atoms with Gasteiger partial charge in [0.2, 0.25) is 12.2 Å². The van der Waals surface area contributed by atoms with Gasteiger partial charge in [-0.2, -0.15) is 52.7 Å². The van der Waals surface area contributed by atoms with Crippen LogP contribution in [-0.2, 0) is 8.85 Å². The van der Waals surface area contributed by atoms with Gasteiger partial charge in [-0.15, -0.1) is 13.2 Å². The van der Waals surface area contributed by atoms with E-state index in [-0.39, 0.29) is 11.4 Å². The fraction of sp³-hybridized carbons (Fsp3) is 0.600. The Bertz CT molecular complexity index is 402. The van der Waals surface area contributed by atoms with Crippen molar-refractivity contribution in [3.63, 3.8) is 0 Å². The Hall–Kier alpha value is -1.22. The SMILES string of the molecule is C=C[Si](C=C)(OC(C(F)(F)F)C(F)(F)F)OC(C(F)(F)F)C(F)(F)F. The molecule has 0 aromatic heterocycles. The second-order valence-electron chi connectivity index (χ2n) is 4.29. The molecule has 0 radical (unpaired) electrons. The van der Waals surface area contributed by atoms with Crippen molar-refractivity contribution in [3.05, 3.63) is 24.6 Å². The van der Waals surface area contributed by atoms with Crippen molar-refractivity contribution in [1.82, 2.24) is 0 Å². The third-order valence-corrected chi connectivity index (χ3v) is 4.71. The first-order valence-electron chi connectivity index (χ1n) is 5.70. The average Bonchev–Trinajstić information content (AvgIpc) is 2.34. The number of rotatable bonds is 6. The zero-order chi connectivity index (χ0) is 20.5. The van der Waals surface area contributed by atoms with E-state index in [1.54, 1.807) is 0 Å². The van der Waals surface area contributed by atoms with Gasteiger partial charge in [0.25, 0.3) is 0 Å². The molecule has 0 spiro atoms. The van der Waals surface area contributed by atoms with E-state index in [0.29, 0.717) is 0 Å². The minimum Gasteiger partial charge on any atom is -0.368 e. The highest BCUT2D eigenvalue weighted by molar-refractivity contribution is 6.77. The third-order valence-electron chi connectivity index (χ3n) is 2.36. The predicted molar refractivity (Wildman–Crippen MR) is 60.1 cm³/mol. The van der Waals surface area contributed by atoms with E-state index in [1.807, 2.05) is 0 Å². The molecule has 0 amide bonds. The number of hydrogen-bond acceptors (Lipinski definition) is 2. The highest BCUT2D eigenvalue weighted by atomic mass is 28.4. The molecule has 0 fully saturated rings. The van der Waals surface area contributed by atoms with E-state index in [4.69, 9.17) is 0 Å². The number of alkyl halides is 12. The second kappa shape index (κ2) is 7.18. The topological polar surface area (TPSA) is 18.5 Å². The largest absolute Gasteiger partial charge is 0.422 e. The molecule has 0 aliphatic rings. The summed E-state index contributed by atoms with van der Waals surface area (Å²) >= 11 is 0. The molecule has 25 heavy (non-hydrogen) atoms. The number of halogens is 12. The Morgan fingerprint density at radius 2 is 0.760 bits per heavy atom. The molecule has 148 valence electrons. The minimum atomic E-state index is -6.20. The molecule has 0 N–H and O–H groups in total. The summed E-state index contributed by atoms with van der Waals surface area (Å²) in [4.78, 5) is 0. The molecule has 0 saturated heterocycles. The molecule has 0 aromatic rings. The molecular weight excluding hydrogens is 408 g/mol. The van der Waals surface area contributed by atoms with Crippen LogP contribution in [0.3, 0.4) is 0 Å². The quantitative estimate of drug-likeness (QED) is 0.453. The van der Waals surface area contributed by atoms with Crippen LogP contribution in [0.5, 0.6) is 0 Å². The van der Waals surface area contributed by atoms with Crippen LogP contribution in [0.4, 0.5) is 52.7 Å².